The summed E-state index contributed by atoms with van der Waals surface area (Å²) in [5, 5.41) is 3.37. The molecular weight excluding hydrogens is 202 g/mol. The second-order valence-electron chi connectivity index (χ2n) is 5.17. The van der Waals surface area contributed by atoms with E-state index in [1.165, 1.54) is 12.8 Å². The Morgan fingerprint density at radius 2 is 2.12 bits per heavy atom. The van der Waals surface area contributed by atoms with Crippen molar-refractivity contribution in [3.8, 4) is 0 Å². The number of carbonyl (C=O) groups excluding carboxylic acids is 1. The molecule has 0 spiro atoms. The number of rotatable bonds is 4. The van der Waals surface area contributed by atoms with Crippen LogP contribution in [-0.2, 0) is 9.53 Å². The molecular formula is C13H23NO2. The van der Waals surface area contributed by atoms with Gasteiger partial charge in [0.2, 0.25) is 0 Å². The third kappa shape index (κ3) is 2.40. The Kier molecular flexibility index (Phi) is 3.85. The molecule has 16 heavy (non-hydrogen) atoms. The molecule has 2 rings (SSSR count). The van der Waals surface area contributed by atoms with Crippen molar-refractivity contribution in [2.45, 2.75) is 69.9 Å². The Hall–Kier alpha value is -0.570. The van der Waals surface area contributed by atoms with Gasteiger partial charge in [-0.3, -0.25) is 4.79 Å². The molecule has 1 N–H and O–H groups in total. The molecule has 0 aromatic rings. The monoisotopic (exact) mass is 225 g/mol. The molecule has 1 saturated carbocycles. The molecule has 92 valence electrons. The van der Waals surface area contributed by atoms with Crippen LogP contribution in [0.4, 0.5) is 0 Å². The standard InChI is InChI=1S/C13H23NO2/c1-2-8-13(9-5-10-14-13)12(15)16-11-6-3-4-7-11/h11,14H,2-10H2,1H3. The van der Waals surface area contributed by atoms with Crippen molar-refractivity contribution in [2.24, 2.45) is 0 Å². The van der Waals surface area contributed by atoms with Gasteiger partial charge in [0.1, 0.15) is 11.6 Å². The summed E-state index contributed by atoms with van der Waals surface area (Å²) in [5.74, 6) is 0.0127. The molecule has 0 radical (unpaired) electrons. The van der Waals surface area contributed by atoms with Crippen LogP contribution in [0.1, 0.15) is 58.3 Å². The molecule has 3 heteroatoms. The summed E-state index contributed by atoms with van der Waals surface area (Å²) >= 11 is 0. The number of nitrogens with one attached hydrogen (secondary N) is 1. The van der Waals surface area contributed by atoms with Gasteiger partial charge in [-0.1, -0.05) is 13.3 Å². The second kappa shape index (κ2) is 5.17. The van der Waals surface area contributed by atoms with Crippen LogP contribution in [0.3, 0.4) is 0 Å². The third-order valence-electron chi connectivity index (χ3n) is 3.89. The van der Waals surface area contributed by atoms with E-state index in [9.17, 15) is 4.79 Å². The van der Waals surface area contributed by atoms with Crippen molar-refractivity contribution >= 4 is 5.97 Å². The quantitative estimate of drug-likeness (QED) is 0.747. The molecule has 0 aromatic heterocycles. The minimum Gasteiger partial charge on any atom is -0.461 e. The first-order chi connectivity index (χ1) is 7.77. The van der Waals surface area contributed by atoms with Crippen molar-refractivity contribution < 1.29 is 9.53 Å². The highest BCUT2D eigenvalue weighted by Crippen LogP contribution is 2.29. The van der Waals surface area contributed by atoms with Crippen molar-refractivity contribution in [2.75, 3.05) is 6.54 Å². The fraction of sp³-hybridized carbons (Fsp3) is 0.923. The van der Waals surface area contributed by atoms with Crippen LogP contribution >= 0.6 is 0 Å². The molecule has 1 aliphatic carbocycles. The zero-order chi connectivity index (χ0) is 11.4. The van der Waals surface area contributed by atoms with Gasteiger partial charge in [0.15, 0.2) is 0 Å². The third-order valence-corrected chi connectivity index (χ3v) is 3.89. The summed E-state index contributed by atoms with van der Waals surface area (Å²) in [6.07, 6.45) is 8.75. The summed E-state index contributed by atoms with van der Waals surface area (Å²) in [6, 6.07) is 0. The Labute approximate surface area is 97.9 Å². The first-order valence-electron chi connectivity index (χ1n) is 6.73. The highest BCUT2D eigenvalue weighted by molar-refractivity contribution is 5.81. The molecule has 1 aliphatic heterocycles. The normalized spacial score (nSPS) is 30.8. The van der Waals surface area contributed by atoms with E-state index in [-0.39, 0.29) is 17.6 Å². The second-order valence-corrected chi connectivity index (χ2v) is 5.17. The number of hydrogen-bond acceptors (Lipinski definition) is 3. The lowest BCUT2D eigenvalue weighted by Gasteiger charge is -2.28. The van der Waals surface area contributed by atoms with Gasteiger partial charge >= 0.3 is 5.97 Å². The van der Waals surface area contributed by atoms with Crippen LogP contribution in [0.5, 0.6) is 0 Å². The Bertz CT molecular complexity index is 240. The van der Waals surface area contributed by atoms with Crippen LogP contribution in [-0.4, -0.2) is 24.2 Å². The first kappa shape index (κ1) is 11.9. The number of hydrogen-bond donors (Lipinski definition) is 1. The van der Waals surface area contributed by atoms with Crippen LogP contribution in [0.15, 0.2) is 0 Å². The van der Waals surface area contributed by atoms with E-state index in [0.29, 0.717) is 0 Å². The summed E-state index contributed by atoms with van der Waals surface area (Å²) in [4.78, 5) is 12.2. The van der Waals surface area contributed by atoms with E-state index in [4.69, 9.17) is 4.74 Å². The summed E-state index contributed by atoms with van der Waals surface area (Å²) in [7, 11) is 0. The molecule has 0 bridgehead atoms. The van der Waals surface area contributed by atoms with Crippen LogP contribution in [0, 0.1) is 0 Å². The van der Waals surface area contributed by atoms with Gasteiger partial charge in [-0.15, -0.1) is 0 Å². The maximum atomic E-state index is 12.2. The topological polar surface area (TPSA) is 38.3 Å². The summed E-state index contributed by atoms with van der Waals surface area (Å²) in [6.45, 7) is 3.09. The van der Waals surface area contributed by atoms with Gasteiger partial charge in [0.05, 0.1) is 0 Å². The average molecular weight is 225 g/mol. The first-order valence-corrected chi connectivity index (χ1v) is 6.73. The van der Waals surface area contributed by atoms with Gasteiger partial charge in [0.25, 0.3) is 0 Å². The molecule has 1 unspecified atom stereocenters. The summed E-state index contributed by atoms with van der Waals surface area (Å²) in [5.41, 5.74) is -0.350. The van der Waals surface area contributed by atoms with Crippen LogP contribution in [0.2, 0.25) is 0 Å². The Morgan fingerprint density at radius 1 is 1.38 bits per heavy atom. The smallest absolute Gasteiger partial charge is 0.326 e. The molecule has 2 aliphatic rings. The largest absolute Gasteiger partial charge is 0.461 e. The lowest BCUT2D eigenvalue weighted by molar-refractivity contribution is -0.156. The summed E-state index contributed by atoms with van der Waals surface area (Å²) < 4.78 is 5.65. The van der Waals surface area contributed by atoms with Gasteiger partial charge in [-0.2, -0.15) is 0 Å². The van der Waals surface area contributed by atoms with E-state index in [1.54, 1.807) is 0 Å². The van der Waals surface area contributed by atoms with Gasteiger partial charge in [-0.25, -0.2) is 0 Å². The minimum absolute atomic E-state index is 0.0127. The van der Waals surface area contributed by atoms with Crippen LogP contribution < -0.4 is 5.32 Å². The maximum absolute atomic E-state index is 12.2. The Balaban J connectivity index is 1.93. The highest BCUT2D eigenvalue weighted by Gasteiger charge is 2.42. The zero-order valence-electron chi connectivity index (χ0n) is 10.3. The molecule has 1 heterocycles. The minimum atomic E-state index is -0.350. The molecule has 3 nitrogen and oxygen atoms in total. The maximum Gasteiger partial charge on any atom is 0.326 e. The van der Waals surface area contributed by atoms with E-state index in [1.807, 2.05) is 0 Å². The van der Waals surface area contributed by atoms with Gasteiger partial charge in [-0.05, 0) is 51.5 Å². The lowest BCUT2D eigenvalue weighted by atomic mass is 9.92. The van der Waals surface area contributed by atoms with Crippen molar-refractivity contribution in [3.63, 3.8) is 0 Å². The molecule has 1 atom stereocenters. The van der Waals surface area contributed by atoms with E-state index in [2.05, 4.69) is 12.2 Å². The predicted molar refractivity (Wildman–Crippen MR) is 63.2 cm³/mol. The van der Waals surface area contributed by atoms with Gasteiger partial charge < -0.3 is 10.1 Å². The number of ether oxygens (including phenoxy) is 1. The molecule has 0 amide bonds. The fourth-order valence-corrected chi connectivity index (χ4v) is 2.99. The zero-order valence-corrected chi connectivity index (χ0v) is 10.3. The van der Waals surface area contributed by atoms with Crippen molar-refractivity contribution in [1.82, 2.24) is 5.32 Å². The van der Waals surface area contributed by atoms with E-state index < -0.39 is 0 Å². The number of carbonyl (C=O) groups is 1. The van der Waals surface area contributed by atoms with E-state index >= 15 is 0 Å². The highest BCUT2D eigenvalue weighted by atomic mass is 16.5. The average Bonchev–Trinajstić information content (AvgIpc) is 2.89. The molecule has 0 aromatic carbocycles. The molecule has 2 fully saturated rings. The number of esters is 1. The lowest BCUT2D eigenvalue weighted by Crippen LogP contribution is -2.49. The molecule has 1 saturated heterocycles. The van der Waals surface area contributed by atoms with Crippen molar-refractivity contribution in [1.29, 1.82) is 0 Å². The van der Waals surface area contributed by atoms with Crippen LogP contribution in [0.25, 0.3) is 0 Å². The van der Waals surface area contributed by atoms with E-state index in [0.717, 1.165) is 45.1 Å². The SMILES string of the molecule is CCCC1(C(=O)OC2CCCC2)CCCN1. The predicted octanol–water partition coefficient (Wildman–Crippen LogP) is 2.39. The fourth-order valence-electron chi connectivity index (χ4n) is 2.99. The van der Waals surface area contributed by atoms with Crippen molar-refractivity contribution in [3.05, 3.63) is 0 Å². The Morgan fingerprint density at radius 3 is 2.69 bits per heavy atom. The van der Waals surface area contributed by atoms with Gasteiger partial charge in [0, 0.05) is 0 Å².